The van der Waals surface area contributed by atoms with Crippen LogP contribution in [0.25, 0.3) is 11.9 Å². The summed E-state index contributed by atoms with van der Waals surface area (Å²) in [5.41, 5.74) is 6.96. The number of aliphatic hydroxyl groups is 1. The van der Waals surface area contributed by atoms with Crippen LogP contribution in [0.5, 0.6) is 0 Å². The number of benzene rings is 1. The molecule has 3 aliphatic rings. The molecule has 1 aliphatic carbocycles. The zero-order valence-corrected chi connectivity index (χ0v) is 13.4. The van der Waals surface area contributed by atoms with E-state index in [1.807, 2.05) is 31.2 Å². The summed E-state index contributed by atoms with van der Waals surface area (Å²) in [6.45, 7) is 1.95. The molecule has 0 atom stereocenters. The third-order valence-corrected chi connectivity index (χ3v) is 4.74. The molecule has 1 fully saturated rings. The summed E-state index contributed by atoms with van der Waals surface area (Å²) in [6.07, 6.45) is 6.25. The van der Waals surface area contributed by atoms with Crippen LogP contribution in [-0.4, -0.2) is 21.0 Å². The van der Waals surface area contributed by atoms with Gasteiger partial charge in [-0.1, -0.05) is 24.3 Å². The van der Waals surface area contributed by atoms with Crippen molar-refractivity contribution in [1.29, 1.82) is 0 Å². The van der Waals surface area contributed by atoms with Crippen LogP contribution in [0, 0.1) is 6.92 Å². The summed E-state index contributed by atoms with van der Waals surface area (Å²) in [5, 5.41) is 14.9. The minimum Gasteiger partial charge on any atom is -0.492 e. The van der Waals surface area contributed by atoms with Gasteiger partial charge < -0.3 is 10.0 Å². The van der Waals surface area contributed by atoms with Crippen molar-refractivity contribution in [2.45, 2.75) is 25.8 Å². The number of hydrazine groups is 1. The first-order valence-corrected chi connectivity index (χ1v) is 8.25. The highest BCUT2D eigenvalue weighted by Gasteiger charge is 2.39. The van der Waals surface area contributed by atoms with Gasteiger partial charge in [0.05, 0.1) is 17.6 Å². The minimum absolute atomic E-state index is 0.230. The average Bonchev–Trinajstić information content (AvgIpc) is 3.39. The van der Waals surface area contributed by atoms with Crippen molar-refractivity contribution in [3.63, 3.8) is 0 Å². The lowest BCUT2D eigenvalue weighted by atomic mass is 10.1. The third-order valence-electron chi connectivity index (χ3n) is 4.74. The van der Waals surface area contributed by atoms with Crippen LogP contribution in [0.15, 0.2) is 54.2 Å². The lowest BCUT2D eigenvalue weighted by Gasteiger charge is -2.24. The Balaban J connectivity index is 1.71. The number of aromatic nitrogens is 1. The lowest BCUT2D eigenvalue weighted by Crippen LogP contribution is -2.41. The van der Waals surface area contributed by atoms with Gasteiger partial charge in [0, 0.05) is 28.4 Å². The maximum Gasteiger partial charge on any atom is 0.237 e. The predicted octanol–water partition coefficient (Wildman–Crippen LogP) is 1.47. The first-order chi connectivity index (χ1) is 11.7. The van der Waals surface area contributed by atoms with Crippen molar-refractivity contribution in [2.75, 3.05) is 5.01 Å². The molecule has 0 saturated heterocycles. The number of aryl methyl sites for hydroxylation is 1. The van der Waals surface area contributed by atoms with Gasteiger partial charge in [0.2, 0.25) is 5.88 Å². The molecule has 2 aromatic rings. The fraction of sp³-hybridized carbons (Fsp3) is 0.211. The van der Waals surface area contributed by atoms with Crippen molar-refractivity contribution >= 4 is 17.6 Å². The van der Waals surface area contributed by atoms with E-state index >= 15 is 0 Å². The molecule has 0 bridgehead atoms. The molecule has 3 heterocycles. The van der Waals surface area contributed by atoms with Crippen molar-refractivity contribution in [2.24, 2.45) is 0 Å². The SMILES string of the molecule is Cc1ccc(N2NC3=c4ccccc4=CN(C4CC4)C3=C2O)cn1. The Labute approximate surface area is 139 Å². The molecule has 0 unspecified atom stereocenters. The van der Waals surface area contributed by atoms with E-state index in [1.54, 1.807) is 11.2 Å². The first kappa shape index (κ1) is 13.5. The largest absolute Gasteiger partial charge is 0.492 e. The molecule has 24 heavy (non-hydrogen) atoms. The van der Waals surface area contributed by atoms with Gasteiger partial charge in [0.15, 0.2) is 0 Å². The normalized spacial score (nSPS) is 19.0. The second-order valence-electron chi connectivity index (χ2n) is 6.51. The highest BCUT2D eigenvalue weighted by atomic mass is 16.3. The molecule has 1 saturated carbocycles. The minimum atomic E-state index is 0.230. The van der Waals surface area contributed by atoms with E-state index in [9.17, 15) is 5.11 Å². The van der Waals surface area contributed by atoms with Crippen molar-refractivity contribution in [1.82, 2.24) is 15.3 Å². The number of nitrogens with one attached hydrogen (secondary N) is 1. The molecule has 2 aliphatic heterocycles. The number of nitrogens with zero attached hydrogens (tertiary/aromatic N) is 3. The zero-order chi connectivity index (χ0) is 16.3. The van der Waals surface area contributed by atoms with E-state index in [-0.39, 0.29) is 5.88 Å². The fourth-order valence-corrected chi connectivity index (χ4v) is 3.34. The number of rotatable bonds is 2. The van der Waals surface area contributed by atoms with Crippen LogP contribution in [0.2, 0.25) is 0 Å². The predicted molar refractivity (Wildman–Crippen MR) is 92.7 cm³/mol. The topological polar surface area (TPSA) is 51.6 Å². The third kappa shape index (κ3) is 1.91. The van der Waals surface area contributed by atoms with E-state index in [4.69, 9.17) is 0 Å². The monoisotopic (exact) mass is 318 g/mol. The van der Waals surface area contributed by atoms with Crippen LogP contribution in [0.1, 0.15) is 18.5 Å². The van der Waals surface area contributed by atoms with Gasteiger partial charge in [-0.05, 0) is 31.9 Å². The van der Waals surface area contributed by atoms with Crippen molar-refractivity contribution in [3.05, 3.63) is 70.3 Å². The number of pyridine rings is 1. The molecule has 1 aromatic carbocycles. The highest BCUT2D eigenvalue weighted by Crippen LogP contribution is 2.38. The molecule has 2 N–H and O–H groups in total. The Kier molecular flexibility index (Phi) is 2.68. The summed E-state index contributed by atoms with van der Waals surface area (Å²) >= 11 is 0. The number of aliphatic hydroxyl groups excluding tert-OH is 1. The molecule has 120 valence electrons. The van der Waals surface area contributed by atoms with Crippen LogP contribution < -0.4 is 20.9 Å². The molecular weight excluding hydrogens is 300 g/mol. The van der Waals surface area contributed by atoms with Crippen molar-refractivity contribution in [3.8, 4) is 0 Å². The first-order valence-electron chi connectivity index (χ1n) is 8.25. The van der Waals surface area contributed by atoms with Gasteiger partial charge in [-0.2, -0.15) is 0 Å². The second kappa shape index (κ2) is 4.77. The van der Waals surface area contributed by atoms with E-state index in [2.05, 4.69) is 33.6 Å². The van der Waals surface area contributed by atoms with Crippen LogP contribution in [0.4, 0.5) is 5.69 Å². The van der Waals surface area contributed by atoms with Crippen LogP contribution in [0.3, 0.4) is 0 Å². The van der Waals surface area contributed by atoms with E-state index in [0.717, 1.165) is 40.8 Å². The van der Waals surface area contributed by atoms with E-state index in [0.29, 0.717) is 6.04 Å². The van der Waals surface area contributed by atoms with Gasteiger partial charge in [-0.3, -0.25) is 10.4 Å². The molecular formula is C19H18N4O. The number of fused-ring (bicyclic) bond motifs is 2. The van der Waals surface area contributed by atoms with E-state index in [1.165, 1.54) is 5.22 Å². The summed E-state index contributed by atoms with van der Waals surface area (Å²) in [5.74, 6) is 0.230. The summed E-state index contributed by atoms with van der Waals surface area (Å²) in [4.78, 5) is 6.55. The van der Waals surface area contributed by atoms with Gasteiger partial charge in [0.1, 0.15) is 5.70 Å². The van der Waals surface area contributed by atoms with Gasteiger partial charge in [-0.25, -0.2) is 5.01 Å². The number of hydrogen-bond donors (Lipinski definition) is 2. The summed E-state index contributed by atoms with van der Waals surface area (Å²) in [7, 11) is 0. The summed E-state index contributed by atoms with van der Waals surface area (Å²) in [6, 6.07) is 12.7. The molecule has 0 radical (unpaired) electrons. The number of hydrogen-bond acceptors (Lipinski definition) is 5. The maximum absolute atomic E-state index is 10.9. The van der Waals surface area contributed by atoms with Gasteiger partial charge >= 0.3 is 0 Å². The molecule has 5 rings (SSSR count). The standard InChI is InChI=1S/C19H18N4O/c1-12-6-7-15(10-20-12)23-19(24)18-17(21-23)16-5-3-2-4-13(16)11-22(18)14-8-9-14/h2-7,10-11,14,21,24H,8-9H2,1H3. The molecule has 0 amide bonds. The Morgan fingerprint density at radius 2 is 2.00 bits per heavy atom. The Bertz CT molecular complexity index is 973. The second-order valence-corrected chi connectivity index (χ2v) is 6.51. The Hall–Kier alpha value is -2.95. The van der Waals surface area contributed by atoms with Crippen molar-refractivity contribution < 1.29 is 5.11 Å². The molecule has 0 spiro atoms. The van der Waals surface area contributed by atoms with Crippen LogP contribution >= 0.6 is 0 Å². The van der Waals surface area contributed by atoms with Gasteiger partial charge in [0.25, 0.3) is 0 Å². The molecule has 5 heteroatoms. The summed E-state index contributed by atoms with van der Waals surface area (Å²) < 4.78 is 0. The molecule has 1 aromatic heterocycles. The Morgan fingerprint density at radius 1 is 1.17 bits per heavy atom. The van der Waals surface area contributed by atoms with Gasteiger partial charge in [-0.15, -0.1) is 0 Å². The fourth-order valence-electron chi connectivity index (χ4n) is 3.34. The maximum atomic E-state index is 10.9. The van der Waals surface area contributed by atoms with Crippen LogP contribution in [-0.2, 0) is 0 Å². The lowest BCUT2D eigenvalue weighted by molar-refractivity contribution is 0.367. The average molecular weight is 318 g/mol. The van der Waals surface area contributed by atoms with E-state index < -0.39 is 0 Å². The zero-order valence-electron chi connectivity index (χ0n) is 13.4. The highest BCUT2D eigenvalue weighted by molar-refractivity contribution is 5.75. The molecule has 5 nitrogen and oxygen atoms in total. The smallest absolute Gasteiger partial charge is 0.237 e. The quantitative estimate of drug-likeness (QED) is 0.878. The Morgan fingerprint density at radius 3 is 2.75 bits per heavy atom. The number of anilines is 1.